The van der Waals surface area contributed by atoms with Crippen molar-refractivity contribution in [2.45, 2.75) is 19.1 Å². The van der Waals surface area contributed by atoms with Crippen molar-refractivity contribution in [1.29, 1.82) is 0 Å². The Kier molecular flexibility index (Phi) is 6.20. The van der Waals surface area contributed by atoms with Crippen LogP contribution in [0.1, 0.15) is 39.2 Å². The van der Waals surface area contributed by atoms with E-state index in [4.69, 9.17) is 0 Å². The summed E-state index contributed by atoms with van der Waals surface area (Å²) in [5.74, 6) is -0.234. The van der Waals surface area contributed by atoms with Gasteiger partial charge in [0.1, 0.15) is 6.10 Å². The molecule has 2 atom stereocenters. The molecule has 0 bridgehead atoms. The molecule has 0 radical (unpaired) electrons. The third-order valence-corrected chi connectivity index (χ3v) is 5.38. The predicted molar refractivity (Wildman–Crippen MR) is 122 cm³/mol. The lowest BCUT2D eigenvalue weighted by Crippen LogP contribution is -2.32. The van der Waals surface area contributed by atoms with Crippen LogP contribution in [0.5, 0.6) is 0 Å². The van der Waals surface area contributed by atoms with E-state index in [2.05, 4.69) is 10.3 Å². The van der Waals surface area contributed by atoms with Gasteiger partial charge in [-0.2, -0.15) is 0 Å². The number of aryl methyl sites for hydroxylation is 1. The van der Waals surface area contributed by atoms with Crippen molar-refractivity contribution in [3.63, 3.8) is 0 Å². The molecule has 2 N–H and O–H groups in total. The normalized spacial score (nSPS) is 12.7. The highest BCUT2D eigenvalue weighted by Gasteiger charge is 2.25. The molecule has 0 spiro atoms. The minimum absolute atomic E-state index is 0.234. The third kappa shape index (κ3) is 4.71. The van der Waals surface area contributed by atoms with E-state index in [9.17, 15) is 9.90 Å². The van der Waals surface area contributed by atoms with Crippen LogP contribution in [0.2, 0.25) is 0 Å². The van der Waals surface area contributed by atoms with Crippen LogP contribution >= 0.6 is 0 Å². The van der Waals surface area contributed by atoms with Gasteiger partial charge in [-0.3, -0.25) is 9.78 Å². The highest BCUT2D eigenvalue weighted by atomic mass is 16.3. The molecular formula is C27H24N2O2. The maximum Gasteiger partial charge on any atom is 0.251 e. The summed E-state index contributed by atoms with van der Waals surface area (Å²) in [5.41, 5.74) is 5.33. The average molecular weight is 409 g/mol. The molecule has 154 valence electrons. The second-order valence-corrected chi connectivity index (χ2v) is 7.49. The van der Waals surface area contributed by atoms with Crippen LogP contribution in [0.3, 0.4) is 0 Å². The van der Waals surface area contributed by atoms with E-state index in [1.165, 1.54) is 0 Å². The maximum absolute atomic E-state index is 13.0. The molecule has 0 saturated carbocycles. The summed E-state index contributed by atoms with van der Waals surface area (Å²) in [6, 6.07) is 27.8. The number of carbonyl (C=O) groups excluding carboxylic acids is 1. The quantitative estimate of drug-likeness (QED) is 0.457. The van der Waals surface area contributed by atoms with E-state index >= 15 is 0 Å². The number of benzene rings is 3. The monoisotopic (exact) mass is 408 g/mol. The van der Waals surface area contributed by atoms with Crippen LogP contribution < -0.4 is 5.32 Å². The van der Waals surface area contributed by atoms with Gasteiger partial charge in [0, 0.05) is 18.0 Å². The number of carbonyl (C=O) groups is 1. The number of aromatic nitrogens is 1. The zero-order valence-corrected chi connectivity index (χ0v) is 17.3. The van der Waals surface area contributed by atoms with Crippen molar-refractivity contribution in [1.82, 2.24) is 10.3 Å². The predicted octanol–water partition coefficient (Wildman–Crippen LogP) is 5.26. The first kappa shape index (κ1) is 20.5. The second kappa shape index (κ2) is 9.37. The van der Waals surface area contributed by atoms with E-state index < -0.39 is 12.1 Å². The van der Waals surface area contributed by atoms with Crippen molar-refractivity contribution in [3.8, 4) is 11.1 Å². The number of pyridine rings is 1. The van der Waals surface area contributed by atoms with Crippen LogP contribution in [0.15, 0.2) is 103 Å². The van der Waals surface area contributed by atoms with Gasteiger partial charge in [-0.25, -0.2) is 0 Å². The largest absolute Gasteiger partial charge is 0.386 e. The van der Waals surface area contributed by atoms with Crippen molar-refractivity contribution in [3.05, 3.63) is 126 Å². The fourth-order valence-corrected chi connectivity index (χ4v) is 3.67. The smallest absolute Gasteiger partial charge is 0.251 e. The van der Waals surface area contributed by atoms with Gasteiger partial charge in [-0.1, -0.05) is 72.8 Å². The van der Waals surface area contributed by atoms with Crippen molar-refractivity contribution >= 4 is 5.91 Å². The molecule has 4 heteroatoms. The first-order valence-electron chi connectivity index (χ1n) is 10.2. The van der Waals surface area contributed by atoms with Crippen LogP contribution in [-0.4, -0.2) is 16.0 Å². The van der Waals surface area contributed by atoms with Gasteiger partial charge in [-0.15, -0.1) is 0 Å². The number of aliphatic hydroxyl groups is 1. The highest BCUT2D eigenvalue weighted by Crippen LogP contribution is 2.29. The summed E-state index contributed by atoms with van der Waals surface area (Å²) in [6.45, 7) is 2.01. The summed E-state index contributed by atoms with van der Waals surface area (Å²) >= 11 is 0. The molecule has 1 aromatic heterocycles. The van der Waals surface area contributed by atoms with Crippen molar-refractivity contribution in [2.75, 3.05) is 0 Å². The van der Waals surface area contributed by atoms with Crippen molar-refractivity contribution < 1.29 is 9.90 Å². The standard InChI is InChI=1S/C27H24N2O2/c1-19-18-28-17-16-24(19)20-12-14-23(15-13-20)27(31)29-25(21-8-4-2-5-9-21)26(30)22-10-6-3-7-11-22/h2-18,25-26,30H,1H3,(H,29,31)/t25-,26+/m0/s1. The van der Waals surface area contributed by atoms with Crippen LogP contribution in [-0.2, 0) is 0 Å². The first-order valence-corrected chi connectivity index (χ1v) is 10.2. The SMILES string of the molecule is Cc1cnccc1-c1ccc(C(=O)N[C@@H](c2ccccc2)[C@H](O)c2ccccc2)cc1. The molecule has 3 aromatic carbocycles. The number of amides is 1. The zero-order chi connectivity index (χ0) is 21.6. The summed E-state index contributed by atoms with van der Waals surface area (Å²) in [7, 11) is 0. The lowest BCUT2D eigenvalue weighted by molar-refractivity contribution is 0.0831. The van der Waals surface area contributed by atoms with E-state index in [1.54, 1.807) is 6.20 Å². The number of aliphatic hydroxyl groups excluding tert-OH is 1. The van der Waals surface area contributed by atoms with E-state index in [0.717, 1.165) is 27.8 Å². The molecule has 4 aromatic rings. The summed E-state index contributed by atoms with van der Waals surface area (Å²) in [6.07, 6.45) is 2.72. The summed E-state index contributed by atoms with van der Waals surface area (Å²) in [5, 5.41) is 14.1. The van der Waals surface area contributed by atoms with Gasteiger partial charge in [0.25, 0.3) is 5.91 Å². The lowest BCUT2D eigenvalue weighted by Gasteiger charge is -2.25. The molecule has 1 amide bonds. The van der Waals surface area contributed by atoms with Crippen LogP contribution in [0.4, 0.5) is 0 Å². The summed E-state index contributed by atoms with van der Waals surface area (Å²) in [4.78, 5) is 17.2. The number of nitrogens with one attached hydrogen (secondary N) is 1. The Morgan fingerprint density at radius 1 is 0.839 bits per heavy atom. The third-order valence-electron chi connectivity index (χ3n) is 5.38. The molecule has 0 fully saturated rings. The molecule has 31 heavy (non-hydrogen) atoms. The Labute approximate surface area is 182 Å². The van der Waals surface area contributed by atoms with E-state index in [0.29, 0.717) is 5.56 Å². The highest BCUT2D eigenvalue weighted by molar-refractivity contribution is 5.95. The van der Waals surface area contributed by atoms with E-state index in [1.807, 2.05) is 104 Å². The molecule has 0 aliphatic carbocycles. The topological polar surface area (TPSA) is 62.2 Å². The maximum atomic E-state index is 13.0. The summed E-state index contributed by atoms with van der Waals surface area (Å²) < 4.78 is 0. The van der Waals surface area contributed by atoms with Gasteiger partial charge in [0.05, 0.1) is 6.04 Å². The van der Waals surface area contributed by atoms with Gasteiger partial charge in [0.15, 0.2) is 0 Å². The molecular weight excluding hydrogens is 384 g/mol. The molecule has 0 aliphatic rings. The molecule has 0 saturated heterocycles. The zero-order valence-electron chi connectivity index (χ0n) is 17.3. The number of nitrogens with zero attached hydrogens (tertiary/aromatic N) is 1. The molecule has 0 aliphatic heterocycles. The van der Waals surface area contributed by atoms with Crippen LogP contribution in [0, 0.1) is 6.92 Å². The minimum atomic E-state index is -0.869. The Hall–Kier alpha value is -3.76. The van der Waals surface area contributed by atoms with E-state index in [-0.39, 0.29) is 5.91 Å². The Balaban J connectivity index is 1.58. The Morgan fingerprint density at radius 3 is 2.06 bits per heavy atom. The number of hydrogen-bond donors (Lipinski definition) is 2. The number of rotatable bonds is 6. The van der Waals surface area contributed by atoms with Crippen molar-refractivity contribution in [2.24, 2.45) is 0 Å². The molecule has 4 rings (SSSR count). The fourth-order valence-electron chi connectivity index (χ4n) is 3.67. The molecule has 1 heterocycles. The fraction of sp³-hybridized carbons (Fsp3) is 0.111. The van der Waals surface area contributed by atoms with Gasteiger partial charge < -0.3 is 10.4 Å². The van der Waals surface area contributed by atoms with Gasteiger partial charge in [0.2, 0.25) is 0 Å². The Bertz CT molecular complexity index is 1140. The molecule has 0 unspecified atom stereocenters. The number of hydrogen-bond acceptors (Lipinski definition) is 3. The minimum Gasteiger partial charge on any atom is -0.386 e. The lowest BCUT2D eigenvalue weighted by atomic mass is 9.95. The average Bonchev–Trinajstić information content (AvgIpc) is 2.83. The second-order valence-electron chi connectivity index (χ2n) is 7.49. The first-order chi connectivity index (χ1) is 15.1. The Morgan fingerprint density at radius 2 is 1.45 bits per heavy atom. The molecule has 4 nitrogen and oxygen atoms in total. The van der Waals surface area contributed by atoms with Gasteiger partial charge in [-0.05, 0) is 52.9 Å². The van der Waals surface area contributed by atoms with Gasteiger partial charge >= 0.3 is 0 Å². The van der Waals surface area contributed by atoms with Crippen LogP contribution in [0.25, 0.3) is 11.1 Å².